The molecule has 20 heavy (non-hydrogen) atoms. The van der Waals surface area contributed by atoms with Gasteiger partial charge in [0.1, 0.15) is 6.61 Å². The van der Waals surface area contributed by atoms with Crippen LogP contribution < -0.4 is 5.32 Å². The average molecular weight is 281 g/mol. The summed E-state index contributed by atoms with van der Waals surface area (Å²) >= 11 is 0. The molecule has 1 N–H and O–H groups in total. The summed E-state index contributed by atoms with van der Waals surface area (Å²) in [5, 5.41) is 2.74. The maximum absolute atomic E-state index is 11.2. The minimum atomic E-state index is -0.351. The molecule has 0 atom stereocenters. The van der Waals surface area contributed by atoms with Crippen molar-refractivity contribution in [3.63, 3.8) is 0 Å². The molecule has 3 heteroatoms. The van der Waals surface area contributed by atoms with Crippen molar-refractivity contribution in [3.8, 4) is 12.3 Å². The summed E-state index contributed by atoms with van der Waals surface area (Å²) < 4.78 is 4.88. The van der Waals surface area contributed by atoms with E-state index in [1.807, 2.05) is 0 Å². The number of amides is 1. The number of terminal acetylenes is 1. The van der Waals surface area contributed by atoms with E-state index in [0.29, 0.717) is 19.6 Å². The number of hydrogen-bond acceptors (Lipinski definition) is 2. The fraction of sp³-hybridized carbons (Fsp3) is 0.824. The van der Waals surface area contributed by atoms with Crippen molar-refractivity contribution in [3.05, 3.63) is 0 Å². The second-order valence-corrected chi connectivity index (χ2v) is 5.20. The largest absolute Gasteiger partial charge is 0.449 e. The number of alkyl carbamates (subject to hydrolysis) is 1. The first-order valence-electron chi connectivity index (χ1n) is 8.15. The van der Waals surface area contributed by atoms with Crippen molar-refractivity contribution in [1.82, 2.24) is 5.32 Å². The molecule has 0 fully saturated rings. The van der Waals surface area contributed by atoms with Gasteiger partial charge in [0.2, 0.25) is 0 Å². The Balaban J connectivity index is 3.09. The summed E-state index contributed by atoms with van der Waals surface area (Å²) in [4.78, 5) is 11.2. The Kier molecular flexibility index (Phi) is 15.0. The Morgan fingerprint density at radius 1 is 1.00 bits per heavy atom. The predicted molar refractivity (Wildman–Crippen MR) is 84.6 cm³/mol. The second kappa shape index (κ2) is 15.9. The fourth-order valence-corrected chi connectivity index (χ4v) is 2.06. The number of carbonyl (C=O) groups excluding carboxylic acids is 1. The Morgan fingerprint density at radius 3 is 2.10 bits per heavy atom. The summed E-state index contributed by atoms with van der Waals surface area (Å²) in [6, 6.07) is 0. The zero-order valence-electron chi connectivity index (χ0n) is 13.1. The van der Waals surface area contributed by atoms with Gasteiger partial charge in [0.25, 0.3) is 0 Å². The summed E-state index contributed by atoms with van der Waals surface area (Å²) in [6.45, 7) is 3.25. The van der Waals surface area contributed by atoms with E-state index in [1.54, 1.807) is 0 Å². The average Bonchev–Trinajstić information content (AvgIpc) is 2.45. The van der Waals surface area contributed by atoms with Crippen LogP contribution in [0.3, 0.4) is 0 Å². The quantitative estimate of drug-likeness (QED) is 0.394. The molecule has 0 aliphatic carbocycles. The van der Waals surface area contributed by atoms with E-state index in [2.05, 4.69) is 18.2 Å². The number of rotatable bonds is 13. The predicted octanol–water partition coefficient (Wildman–Crippen LogP) is 4.66. The standard InChI is InChI=1S/C17H31NO2/c1-3-5-7-8-9-10-11-12-13-14-15-18-17(19)20-16-6-4-2/h2H,3,5-16H2,1H3,(H,18,19). The zero-order chi connectivity index (χ0) is 14.9. The molecular formula is C17H31NO2. The highest BCUT2D eigenvalue weighted by molar-refractivity contribution is 5.66. The Labute approximate surface area is 124 Å². The van der Waals surface area contributed by atoms with Crippen LogP contribution in [0.5, 0.6) is 0 Å². The minimum absolute atomic E-state index is 0.306. The van der Waals surface area contributed by atoms with Crippen molar-refractivity contribution in [2.24, 2.45) is 0 Å². The van der Waals surface area contributed by atoms with Gasteiger partial charge in [0, 0.05) is 13.0 Å². The third kappa shape index (κ3) is 14.9. The molecule has 0 rings (SSSR count). The first-order valence-corrected chi connectivity index (χ1v) is 8.15. The Morgan fingerprint density at radius 2 is 1.55 bits per heavy atom. The third-order valence-electron chi connectivity index (χ3n) is 3.28. The minimum Gasteiger partial charge on any atom is -0.449 e. The van der Waals surface area contributed by atoms with Gasteiger partial charge in [-0.2, -0.15) is 0 Å². The summed E-state index contributed by atoms with van der Waals surface area (Å²) in [7, 11) is 0. The molecule has 3 nitrogen and oxygen atoms in total. The van der Waals surface area contributed by atoms with Crippen molar-refractivity contribution >= 4 is 6.09 Å². The number of nitrogens with one attached hydrogen (secondary N) is 1. The van der Waals surface area contributed by atoms with E-state index in [-0.39, 0.29) is 6.09 Å². The van der Waals surface area contributed by atoms with Gasteiger partial charge in [-0.25, -0.2) is 4.79 Å². The van der Waals surface area contributed by atoms with Crippen LogP contribution in [0.4, 0.5) is 4.79 Å². The molecule has 0 aromatic rings. The van der Waals surface area contributed by atoms with Crippen molar-refractivity contribution in [2.45, 2.75) is 77.6 Å². The van der Waals surface area contributed by atoms with Crippen LogP contribution >= 0.6 is 0 Å². The van der Waals surface area contributed by atoms with E-state index < -0.39 is 0 Å². The topological polar surface area (TPSA) is 38.3 Å². The summed E-state index contributed by atoms with van der Waals surface area (Å²) in [5.74, 6) is 2.43. The summed E-state index contributed by atoms with van der Waals surface area (Å²) in [5.41, 5.74) is 0. The Hall–Kier alpha value is -1.17. The number of hydrogen-bond donors (Lipinski definition) is 1. The van der Waals surface area contributed by atoms with Crippen molar-refractivity contribution in [2.75, 3.05) is 13.2 Å². The highest BCUT2D eigenvalue weighted by Gasteiger charge is 1.99. The lowest BCUT2D eigenvalue weighted by Gasteiger charge is -2.05. The molecule has 0 heterocycles. The lowest BCUT2D eigenvalue weighted by molar-refractivity contribution is 0.148. The third-order valence-corrected chi connectivity index (χ3v) is 3.28. The highest BCUT2D eigenvalue weighted by Crippen LogP contribution is 2.10. The van der Waals surface area contributed by atoms with E-state index in [9.17, 15) is 4.79 Å². The summed E-state index contributed by atoms with van der Waals surface area (Å²) in [6.07, 6.45) is 18.2. The molecule has 116 valence electrons. The van der Waals surface area contributed by atoms with Crippen LogP contribution in [0, 0.1) is 12.3 Å². The van der Waals surface area contributed by atoms with Crippen LogP contribution in [0.1, 0.15) is 77.6 Å². The van der Waals surface area contributed by atoms with Crippen LogP contribution in [-0.4, -0.2) is 19.2 Å². The first-order chi connectivity index (χ1) is 9.81. The molecule has 0 aliphatic rings. The maximum atomic E-state index is 11.2. The normalized spacial score (nSPS) is 10.0. The van der Waals surface area contributed by atoms with Gasteiger partial charge >= 0.3 is 6.09 Å². The van der Waals surface area contributed by atoms with E-state index >= 15 is 0 Å². The lowest BCUT2D eigenvalue weighted by atomic mass is 10.1. The molecule has 0 aromatic heterocycles. The van der Waals surface area contributed by atoms with Crippen molar-refractivity contribution < 1.29 is 9.53 Å². The Bertz CT molecular complexity index is 258. The number of ether oxygens (including phenoxy) is 1. The molecule has 0 unspecified atom stereocenters. The van der Waals surface area contributed by atoms with Gasteiger partial charge in [-0.05, 0) is 6.42 Å². The first kappa shape index (κ1) is 18.8. The number of carbonyl (C=O) groups is 1. The molecule has 0 aromatic carbocycles. The molecular weight excluding hydrogens is 250 g/mol. The maximum Gasteiger partial charge on any atom is 0.407 e. The molecule has 0 aliphatic heterocycles. The second-order valence-electron chi connectivity index (χ2n) is 5.20. The molecule has 0 spiro atoms. The van der Waals surface area contributed by atoms with Crippen LogP contribution in [0.25, 0.3) is 0 Å². The van der Waals surface area contributed by atoms with Gasteiger partial charge in [-0.15, -0.1) is 12.3 Å². The van der Waals surface area contributed by atoms with Crippen LogP contribution in [0.15, 0.2) is 0 Å². The molecule has 0 saturated heterocycles. The fourth-order valence-electron chi connectivity index (χ4n) is 2.06. The zero-order valence-corrected chi connectivity index (χ0v) is 13.1. The van der Waals surface area contributed by atoms with Gasteiger partial charge in [0.15, 0.2) is 0 Å². The van der Waals surface area contributed by atoms with E-state index in [0.717, 1.165) is 6.42 Å². The lowest BCUT2D eigenvalue weighted by Crippen LogP contribution is -2.25. The van der Waals surface area contributed by atoms with Gasteiger partial charge in [-0.1, -0.05) is 64.7 Å². The van der Waals surface area contributed by atoms with Crippen LogP contribution in [-0.2, 0) is 4.74 Å². The van der Waals surface area contributed by atoms with Crippen LogP contribution in [0.2, 0.25) is 0 Å². The molecule has 0 saturated carbocycles. The van der Waals surface area contributed by atoms with Gasteiger partial charge < -0.3 is 10.1 Å². The van der Waals surface area contributed by atoms with E-state index in [4.69, 9.17) is 11.2 Å². The van der Waals surface area contributed by atoms with Gasteiger partial charge in [-0.3, -0.25) is 0 Å². The molecule has 1 amide bonds. The van der Waals surface area contributed by atoms with Crippen molar-refractivity contribution in [1.29, 1.82) is 0 Å². The smallest absolute Gasteiger partial charge is 0.407 e. The molecule has 0 bridgehead atoms. The molecule has 0 radical (unpaired) electrons. The SMILES string of the molecule is C#CCCOC(=O)NCCCCCCCCCCCC. The van der Waals surface area contributed by atoms with E-state index in [1.165, 1.54) is 57.8 Å². The highest BCUT2D eigenvalue weighted by atomic mass is 16.5. The monoisotopic (exact) mass is 281 g/mol. The number of unbranched alkanes of at least 4 members (excludes halogenated alkanes) is 9. The van der Waals surface area contributed by atoms with Gasteiger partial charge in [0.05, 0.1) is 0 Å².